The van der Waals surface area contributed by atoms with Gasteiger partial charge in [0.2, 0.25) is 0 Å². The molecule has 0 aromatic heterocycles. The second-order valence-electron chi connectivity index (χ2n) is 2.94. The molecule has 5 N–H and O–H groups in total. The lowest BCUT2D eigenvalue weighted by molar-refractivity contribution is -0.138. The Morgan fingerprint density at radius 1 is 1.25 bits per heavy atom. The van der Waals surface area contributed by atoms with Gasteiger partial charge in [0.25, 0.3) is 0 Å². The summed E-state index contributed by atoms with van der Waals surface area (Å²) in [7, 11) is 0. The van der Waals surface area contributed by atoms with E-state index >= 15 is 0 Å². The fraction of sp³-hybridized carbons (Fsp3) is 0.875. The van der Waals surface area contributed by atoms with Crippen molar-refractivity contribution in [1.82, 2.24) is 0 Å². The summed E-state index contributed by atoms with van der Waals surface area (Å²) in [5, 5.41) is 8.44. The molecule has 0 bridgehead atoms. The average molecular weight is 174 g/mol. The van der Waals surface area contributed by atoms with Gasteiger partial charge in [-0.05, 0) is 19.4 Å². The minimum Gasteiger partial charge on any atom is -0.480 e. The quantitative estimate of drug-likeness (QED) is 0.484. The van der Waals surface area contributed by atoms with Crippen LogP contribution in [0.5, 0.6) is 0 Å². The molecule has 0 amide bonds. The van der Waals surface area contributed by atoms with E-state index in [0.717, 1.165) is 25.7 Å². The Morgan fingerprint density at radius 3 is 2.33 bits per heavy atom. The van der Waals surface area contributed by atoms with Crippen LogP contribution in [0.25, 0.3) is 0 Å². The van der Waals surface area contributed by atoms with Crippen molar-refractivity contribution >= 4 is 5.97 Å². The molecule has 0 aromatic rings. The van der Waals surface area contributed by atoms with Crippen molar-refractivity contribution in [1.29, 1.82) is 0 Å². The van der Waals surface area contributed by atoms with E-state index in [-0.39, 0.29) is 0 Å². The van der Waals surface area contributed by atoms with E-state index in [0.29, 0.717) is 13.0 Å². The minimum absolute atomic E-state index is 0.569. The smallest absolute Gasteiger partial charge is 0.320 e. The van der Waals surface area contributed by atoms with E-state index < -0.39 is 12.0 Å². The maximum Gasteiger partial charge on any atom is 0.320 e. The summed E-state index contributed by atoms with van der Waals surface area (Å²) < 4.78 is 0. The molecule has 0 saturated heterocycles. The molecule has 0 rings (SSSR count). The first-order valence-electron chi connectivity index (χ1n) is 4.37. The number of unbranched alkanes of at least 4 members (excludes halogenated alkanes) is 3. The molecular formula is C8H18N2O2. The molecule has 4 nitrogen and oxygen atoms in total. The van der Waals surface area contributed by atoms with E-state index in [1.807, 2.05) is 0 Å². The Kier molecular flexibility index (Phi) is 6.70. The summed E-state index contributed by atoms with van der Waals surface area (Å²) in [6, 6.07) is -0.692. The van der Waals surface area contributed by atoms with Crippen LogP contribution in [0.2, 0.25) is 0 Å². The maximum atomic E-state index is 10.3. The molecule has 0 aromatic carbocycles. The van der Waals surface area contributed by atoms with Crippen molar-refractivity contribution < 1.29 is 9.90 Å². The van der Waals surface area contributed by atoms with Crippen molar-refractivity contribution in [2.45, 2.75) is 38.1 Å². The number of hydrogen-bond donors (Lipinski definition) is 3. The normalized spacial score (nSPS) is 12.8. The van der Waals surface area contributed by atoms with Gasteiger partial charge in [0, 0.05) is 0 Å². The number of nitrogens with two attached hydrogens (primary N) is 2. The lowest BCUT2D eigenvalue weighted by Gasteiger charge is -2.04. The molecule has 0 heterocycles. The topological polar surface area (TPSA) is 89.3 Å². The van der Waals surface area contributed by atoms with E-state index in [1.165, 1.54) is 0 Å². The van der Waals surface area contributed by atoms with Crippen molar-refractivity contribution in [3.63, 3.8) is 0 Å². The number of carbonyl (C=O) groups is 1. The Balaban J connectivity index is 3.14. The zero-order valence-electron chi connectivity index (χ0n) is 7.33. The molecule has 0 aliphatic carbocycles. The molecule has 0 saturated carbocycles. The van der Waals surface area contributed by atoms with Crippen LogP contribution in [0.3, 0.4) is 0 Å². The Labute approximate surface area is 72.9 Å². The predicted octanol–water partition coefficient (Wildman–Crippen LogP) is 0.308. The Morgan fingerprint density at radius 2 is 1.83 bits per heavy atom. The molecule has 72 valence electrons. The number of hydrogen-bond acceptors (Lipinski definition) is 3. The third-order valence-electron chi connectivity index (χ3n) is 1.79. The van der Waals surface area contributed by atoms with E-state index in [2.05, 4.69) is 0 Å². The van der Waals surface area contributed by atoms with Crippen LogP contribution in [0.1, 0.15) is 32.1 Å². The second kappa shape index (κ2) is 7.06. The second-order valence-corrected chi connectivity index (χ2v) is 2.94. The summed E-state index contributed by atoms with van der Waals surface area (Å²) >= 11 is 0. The zero-order chi connectivity index (χ0) is 9.40. The van der Waals surface area contributed by atoms with Gasteiger partial charge in [0.15, 0.2) is 0 Å². The molecule has 0 radical (unpaired) electrons. The van der Waals surface area contributed by atoms with Gasteiger partial charge >= 0.3 is 5.97 Å². The van der Waals surface area contributed by atoms with Crippen LogP contribution >= 0.6 is 0 Å². The third-order valence-corrected chi connectivity index (χ3v) is 1.79. The van der Waals surface area contributed by atoms with Crippen LogP contribution in [0.15, 0.2) is 0 Å². The number of aliphatic carboxylic acids is 1. The first-order valence-corrected chi connectivity index (χ1v) is 4.37. The van der Waals surface area contributed by atoms with Gasteiger partial charge in [-0.15, -0.1) is 0 Å². The monoisotopic (exact) mass is 174 g/mol. The standard InChI is InChI=1S/C8H18N2O2/c9-6-4-2-1-3-5-7(10)8(11)12/h7H,1-6,9-10H2,(H,11,12)/t7-/m1/s1. The minimum atomic E-state index is -0.908. The van der Waals surface area contributed by atoms with E-state index in [1.54, 1.807) is 0 Å². The van der Waals surface area contributed by atoms with Gasteiger partial charge in [-0.2, -0.15) is 0 Å². The Bertz CT molecular complexity index is 128. The summed E-state index contributed by atoms with van der Waals surface area (Å²) in [6.07, 6.45) is 4.57. The predicted molar refractivity (Wildman–Crippen MR) is 47.8 cm³/mol. The first-order chi connectivity index (χ1) is 5.68. The summed E-state index contributed by atoms with van der Waals surface area (Å²) in [4.78, 5) is 10.3. The van der Waals surface area contributed by atoms with Crippen molar-refractivity contribution in [3.8, 4) is 0 Å². The van der Waals surface area contributed by atoms with Crippen LogP contribution < -0.4 is 11.5 Å². The molecule has 0 spiro atoms. The highest BCUT2D eigenvalue weighted by atomic mass is 16.4. The lowest BCUT2D eigenvalue weighted by atomic mass is 10.1. The van der Waals surface area contributed by atoms with Gasteiger partial charge in [0.05, 0.1) is 0 Å². The fourth-order valence-corrected chi connectivity index (χ4v) is 0.986. The van der Waals surface area contributed by atoms with Crippen molar-refractivity contribution in [2.75, 3.05) is 6.54 Å². The highest BCUT2D eigenvalue weighted by molar-refractivity contribution is 5.72. The maximum absolute atomic E-state index is 10.3. The highest BCUT2D eigenvalue weighted by Crippen LogP contribution is 2.03. The van der Waals surface area contributed by atoms with Gasteiger partial charge in [-0.3, -0.25) is 4.79 Å². The SMILES string of the molecule is NCCCCCC[C@@H](N)C(=O)O. The fourth-order valence-electron chi connectivity index (χ4n) is 0.986. The van der Waals surface area contributed by atoms with E-state index in [4.69, 9.17) is 16.6 Å². The number of carboxylic acids is 1. The van der Waals surface area contributed by atoms with Gasteiger partial charge in [0.1, 0.15) is 6.04 Å². The van der Waals surface area contributed by atoms with Crippen molar-refractivity contribution in [2.24, 2.45) is 11.5 Å². The molecule has 0 aliphatic heterocycles. The third kappa shape index (κ3) is 6.12. The molecule has 0 fully saturated rings. The largest absolute Gasteiger partial charge is 0.480 e. The lowest BCUT2D eigenvalue weighted by Crippen LogP contribution is -2.29. The Hall–Kier alpha value is -0.610. The van der Waals surface area contributed by atoms with Gasteiger partial charge < -0.3 is 16.6 Å². The number of rotatable bonds is 7. The molecule has 4 heteroatoms. The molecular weight excluding hydrogens is 156 g/mol. The number of carboxylic acid groups (broad SMARTS) is 1. The van der Waals surface area contributed by atoms with Crippen LogP contribution in [0, 0.1) is 0 Å². The zero-order valence-corrected chi connectivity index (χ0v) is 7.33. The van der Waals surface area contributed by atoms with Gasteiger partial charge in [-0.1, -0.05) is 19.3 Å². The average Bonchev–Trinajstić information content (AvgIpc) is 2.03. The van der Waals surface area contributed by atoms with Crippen molar-refractivity contribution in [3.05, 3.63) is 0 Å². The van der Waals surface area contributed by atoms with Crippen LogP contribution in [-0.4, -0.2) is 23.7 Å². The molecule has 1 atom stereocenters. The van der Waals surface area contributed by atoms with Gasteiger partial charge in [-0.25, -0.2) is 0 Å². The molecule has 12 heavy (non-hydrogen) atoms. The first kappa shape index (κ1) is 11.4. The molecule has 0 unspecified atom stereocenters. The van der Waals surface area contributed by atoms with Crippen LogP contribution in [-0.2, 0) is 4.79 Å². The highest BCUT2D eigenvalue weighted by Gasteiger charge is 2.09. The van der Waals surface area contributed by atoms with E-state index in [9.17, 15) is 4.79 Å². The summed E-state index contributed by atoms with van der Waals surface area (Å²) in [5.74, 6) is -0.908. The van der Waals surface area contributed by atoms with Crippen LogP contribution in [0.4, 0.5) is 0 Å². The summed E-state index contributed by atoms with van der Waals surface area (Å²) in [5.41, 5.74) is 10.6. The summed E-state index contributed by atoms with van der Waals surface area (Å²) in [6.45, 7) is 0.713. The molecule has 0 aliphatic rings.